The number of anilines is 1. The lowest BCUT2D eigenvalue weighted by Crippen LogP contribution is -2.65. The number of carbonyl (C=O) groups is 2. The van der Waals surface area contributed by atoms with Gasteiger partial charge in [-0.05, 0) is 62.9 Å². The minimum Gasteiger partial charge on any atom is -0.490 e. The molecule has 0 spiro atoms. The van der Waals surface area contributed by atoms with E-state index in [-0.39, 0.29) is 18.0 Å². The van der Waals surface area contributed by atoms with Gasteiger partial charge in [0.25, 0.3) is 5.91 Å². The van der Waals surface area contributed by atoms with Crippen LogP contribution in [0.3, 0.4) is 0 Å². The number of aryl methyl sites for hydroxylation is 1. The molecular weight excluding hydrogens is 490 g/mol. The molecule has 2 aliphatic heterocycles. The summed E-state index contributed by atoms with van der Waals surface area (Å²) >= 11 is 0. The number of hydrogen-bond acceptors (Lipinski definition) is 4. The van der Waals surface area contributed by atoms with Crippen LogP contribution in [0.2, 0.25) is 0 Å². The van der Waals surface area contributed by atoms with Crippen molar-refractivity contribution in [3.8, 4) is 11.5 Å². The number of urea groups is 1. The highest BCUT2D eigenvalue weighted by molar-refractivity contribution is 5.99. The van der Waals surface area contributed by atoms with Crippen molar-refractivity contribution in [2.24, 2.45) is 0 Å². The number of nitrogens with one attached hydrogen (secondary N) is 2. The molecule has 2 atom stereocenters. The van der Waals surface area contributed by atoms with E-state index in [2.05, 4.69) is 48.4 Å². The normalized spacial score (nSPS) is 19.4. The molecule has 2 unspecified atom stereocenters. The lowest BCUT2D eigenvalue weighted by Gasteiger charge is -2.50. The van der Waals surface area contributed by atoms with Crippen molar-refractivity contribution in [3.63, 3.8) is 0 Å². The first-order valence-corrected chi connectivity index (χ1v) is 13.5. The summed E-state index contributed by atoms with van der Waals surface area (Å²) in [6.07, 6.45) is 4.90. The fourth-order valence-corrected chi connectivity index (χ4v) is 5.24. The second-order valence-corrected chi connectivity index (χ2v) is 10.3. The largest absolute Gasteiger partial charge is 0.490 e. The van der Waals surface area contributed by atoms with Crippen LogP contribution in [-0.2, 0) is 6.42 Å². The van der Waals surface area contributed by atoms with Gasteiger partial charge >= 0.3 is 6.03 Å². The molecule has 2 bridgehead atoms. The van der Waals surface area contributed by atoms with Gasteiger partial charge in [-0.1, -0.05) is 54.1 Å². The van der Waals surface area contributed by atoms with Crippen LogP contribution in [0.1, 0.15) is 59.3 Å². The van der Waals surface area contributed by atoms with Crippen molar-refractivity contribution in [1.82, 2.24) is 10.6 Å². The first kappa shape index (κ1) is 26.4. The van der Waals surface area contributed by atoms with Gasteiger partial charge < -0.3 is 20.1 Å². The Morgan fingerprint density at radius 1 is 1.21 bits per heavy atom. The average Bonchev–Trinajstić information content (AvgIpc) is 2.92. The van der Waals surface area contributed by atoms with E-state index in [9.17, 15) is 9.59 Å². The number of ether oxygens (including phenoxy) is 2. The Hall–Kier alpha value is -4.26. The first-order valence-electron chi connectivity index (χ1n) is 13.5. The number of nitrogens with zero attached hydrogens (tertiary/aromatic N) is 1. The number of allylic oxidation sites excluding steroid dienone is 1. The van der Waals surface area contributed by atoms with Crippen LogP contribution >= 0.6 is 0 Å². The maximum absolute atomic E-state index is 13.4. The molecule has 0 saturated carbocycles. The Balaban J connectivity index is 1.33. The van der Waals surface area contributed by atoms with Gasteiger partial charge in [-0.3, -0.25) is 9.69 Å². The van der Waals surface area contributed by atoms with Crippen molar-refractivity contribution >= 4 is 17.6 Å². The molecule has 7 heteroatoms. The molecule has 7 nitrogen and oxygen atoms in total. The lowest BCUT2D eigenvalue weighted by molar-refractivity contribution is 0.0341. The van der Waals surface area contributed by atoms with E-state index in [0.717, 1.165) is 24.8 Å². The monoisotopic (exact) mass is 525 g/mol. The molecule has 3 aromatic carbocycles. The fraction of sp³-hybridized carbons (Fsp3) is 0.312. The van der Waals surface area contributed by atoms with Gasteiger partial charge in [0.1, 0.15) is 0 Å². The van der Waals surface area contributed by atoms with Crippen LogP contribution in [0.4, 0.5) is 10.5 Å². The number of amides is 3. The van der Waals surface area contributed by atoms with Gasteiger partial charge in [0.15, 0.2) is 17.2 Å². The van der Waals surface area contributed by atoms with E-state index in [0.29, 0.717) is 42.3 Å². The van der Waals surface area contributed by atoms with E-state index in [1.54, 1.807) is 23.1 Å². The SMILES string of the molecule is C=CCCCOc1cccc2c1OC1(C)CC2NC(=O)N1c1cccc(C(=O)NCCc2ccc(C)cc2)c1. The number of rotatable bonds is 10. The van der Waals surface area contributed by atoms with Crippen molar-refractivity contribution < 1.29 is 19.1 Å². The maximum Gasteiger partial charge on any atom is 0.325 e. The number of hydrogen-bond donors (Lipinski definition) is 2. The van der Waals surface area contributed by atoms with Gasteiger partial charge in [-0.15, -0.1) is 6.58 Å². The van der Waals surface area contributed by atoms with E-state index in [4.69, 9.17) is 9.47 Å². The summed E-state index contributed by atoms with van der Waals surface area (Å²) in [4.78, 5) is 28.0. The highest BCUT2D eigenvalue weighted by Gasteiger charge is 2.50. The number of para-hydroxylation sites is 1. The zero-order valence-electron chi connectivity index (χ0n) is 22.5. The molecule has 2 N–H and O–H groups in total. The third-order valence-electron chi connectivity index (χ3n) is 7.26. The van der Waals surface area contributed by atoms with Crippen LogP contribution in [0.15, 0.2) is 79.4 Å². The quantitative estimate of drug-likeness (QED) is 0.248. The van der Waals surface area contributed by atoms with Gasteiger partial charge in [0, 0.05) is 24.1 Å². The molecule has 1 saturated heterocycles. The van der Waals surface area contributed by atoms with E-state index >= 15 is 0 Å². The molecule has 0 aromatic heterocycles. The van der Waals surface area contributed by atoms with Crippen molar-refractivity contribution in [3.05, 3.63) is 102 Å². The molecule has 2 aliphatic rings. The van der Waals surface area contributed by atoms with Crippen LogP contribution in [0, 0.1) is 6.92 Å². The minimum absolute atomic E-state index is 0.186. The van der Waals surface area contributed by atoms with Crippen molar-refractivity contribution in [2.45, 2.75) is 51.3 Å². The standard InChI is InChI=1S/C32H35N3O4/c1-4-5-6-19-38-28-12-8-11-26-27-21-32(3,39-29(26)28)35(31(37)34-27)25-10-7-9-24(20-25)30(36)33-18-17-23-15-13-22(2)14-16-23/h4,7-16,20,27H,1,5-6,17-19,21H2,2-3H3,(H,33,36)(H,34,37). The number of benzene rings is 3. The highest BCUT2D eigenvalue weighted by Crippen LogP contribution is 2.49. The Morgan fingerprint density at radius 2 is 2.00 bits per heavy atom. The van der Waals surface area contributed by atoms with Crippen LogP contribution in [0.25, 0.3) is 0 Å². The van der Waals surface area contributed by atoms with Gasteiger partial charge in [0.05, 0.1) is 18.3 Å². The number of fused-ring (bicyclic) bond motifs is 4. The summed E-state index contributed by atoms with van der Waals surface area (Å²) in [5, 5.41) is 6.12. The Labute approximate surface area is 229 Å². The Bertz CT molecular complexity index is 1370. The molecule has 0 aliphatic carbocycles. The second-order valence-electron chi connectivity index (χ2n) is 10.3. The lowest BCUT2D eigenvalue weighted by atomic mass is 9.89. The summed E-state index contributed by atoms with van der Waals surface area (Å²) in [5.74, 6) is 1.12. The third-order valence-corrected chi connectivity index (χ3v) is 7.26. The third kappa shape index (κ3) is 5.62. The fourth-order valence-electron chi connectivity index (χ4n) is 5.24. The highest BCUT2D eigenvalue weighted by atomic mass is 16.5. The second kappa shape index (κ2) is 11.2. The zero-order valence-corrected chi connectivity index (χ0v) is 22.5. The summed E-state index contributed by atoms with van der Waals surface area (Å²) in [6.45, 7) is 8.79. The van der Waals surface area contributed by atoms with Crippen LogP contribution in [0.5, 0.6) is 11.5 Å². The van der Waals surface area contributed by atoms with Gasteiger partial charge in [-0.2, -0.15) is 0 Å². The minimum atomic E-state index is -0.957. The van der Waals surface area contributed by atoms with Crippen LogP contribution in [-0.4, -0.2) is 30.8 Å². The van der Waals surface area contributed by atoms with E-state index < -0.39 is 5.72 Å². The molecule has 202 valence electrons. The zero-order chi connectivity index (χ0) is 27.4. The number of carbonyl (C=O) groups excluding carboxylic acids is 2. The van der Waals surface area contributed by atoms with E-state index in [1.165, 1.54) is 11.1 Å². The summed E-state index contributed by atoms with van der Waals surface area (Å²) < 4.78 is 12.6. The van der Waals surface area contributed by atoms with Crippen molar-refractivity contribution in [2.75, 3.05) is 18.1 Å². The summed E-state index contributed by atoms with van der Waals surface area (Å²) in [6, 6.07) is 20.7. The predicted octanol–water partition coefficient (Wildman–Crippen LogP) is 6.08. The predicted molar refractivity (Wildman–Crippen MR) is 152 cm³/mol. The smallest absolute Gasteiger partial charge is 0.325 e. The van der Waals surface area contributed by atoms with E-state index in [1.807, 2.05) is 37.3 Å². The summed E-state index contributed by atoms with van der Waals surface area (Å²) in [5.41, 5.74) is 3.40. The summed E-state index contributed by atoms with van der Waals surface area (Å²) in [7, 11) is 0. The molecular formula is C32H35N3O4. The molecule has 39 heavy (non-hydrogen) atoms. The van der Waals surface area contributed by atoms with Gasteiger partial charge in [0.2, 0.25) is 0 Å². The number of unbranched alkanes of at least 4 members (excludes halogenated alkanes) is 1. The van der Waals surface area contributed by atoms with Crippen molar-refractivity contribution in [1.29, 1.82) is 0 Å². The topological polar surface area (TPSA) is 79.9 Å². The first-order chi connectivity index (χ1) is 18.9. The molecule has 3 amide bonds. The van der Waals surface area contributed by atoms with Gasteiger partial charge in [-0.25, -0.2) is 4.79 Å². The molecule has 5 rings (SSSR count). The Kier molecular flexibility index (Phi) is 7.59. The molecule has 0 radical (unpaired) electrons. The molecule has 3 aromatic rings. The maximum atomic E-state index is 13.4. The van der Waals surface area contributed by atoms with Crippen LogP contribution < -0.4 is 25.0 Å². The average molecular weight is 526 g/mol. The Morgan fingerprint density at radius 3 is 2.79 bits per heavy atom. The molecule has 1 fully saturated rings. The molecule has 2 heterocycles.